The number of ketones is 1. The van der Waals surface area contributed by atoms with E-state index in [1.165, 1.54) is 11.8 Å². The first-order chi connectivity index (χ1) is 13.4. The Bertz CT molecular complexity index is 896. The molecule has 1 amide bonds. The van der Waals surface area contributed by atoms with Crippen LogP contribution < -0.4 is 9.64 Å². The molecule has 0 saturated carbocycles. The van der Waals surface area contributed by atoms with Crippen molar-refractivity contribution in [3.05, 3.63) is 59.1 Å². The number of benzene rings is 2. The van der Waals surface area contributed by atoms with E-state index in [9.17, 15) is 14.4 Å². The minimum Gasteiger partial charge on any atom is -0.497 e. The third-order valence-electron chi connectivity index (χ3n) is 4.61. The molecule has 1 fully saturated rings. The lowest BCUT2D eigenvalue weighted by molar-refractivity contribution is -0.151. The number of hydrogen-bond acceptors (Lipinski definition) is 5. The fourth-order valence-electron chi connectivity index (χ4n) is 3.07. The third-order valence-corrected chi connectivity index (χ3v) is 4.87. The molecule has 3 rings (SSSR count). The van der Waals surface area contributed by atoms with Gasteiger partial charge in [0.2, 0.25) is 11.7 Å². The fourth-order valence-corrected chi connectivity index (χ4v) is 3.19. The molecule has 0 N–H and O–H groups in total. The van der Waals surface area contributed by atoms with Crippen molar-refractivity contribution in [1.82, 2.24) is 0 Å². The zero-order valence-electron chi connectivity index (χ0n) is 15.6. The highest BCUT2D eigenvalue weighted by Crippen LogP contribution is 2.28. The van der Waals surface area contributed by atoms with Crippen molar-refractivity contribution in [2.75, 3.05) is 18.6 Å². The van der Waals surface area contributed by atoms with Gasteiger partial charge in [-0.2, -0.15) is 0 Å². The summed E-state index contributed by atoms with van der Waals surface area (Å²) in [6, 6.07) is 13.4. The predicted molar refractivity (Wildman–Crippen MR) is 105 cm³/mol. The van der Waals surface area contributed by atoms with E-state index in [0.717, 1.165) is 0 Å². The van der Waals surface area contributed by atoms with Gasteiger partial charge in [0.1, 0.15) is 5.75 Å². The van der Waals surface area contributed by atoms with E-state index >= 15 is 0 Å². The number of rotatable bonds is 6. The Hall–Kier alpha value is -2.86. The van der Waals surface area contributed by atoms with Crippen LogP contribution >= 0.6 is 11.6 Å². The van der Waals surface area contributed by atoms with Gasteiger partial charge in [-0.3, -0.25) is 14.4 Å². The number of carbonyl (C=O) groups excluding carboxylic acids is 3. The molecule has 0 bridgehead atoms. The van der Waals surface area contributed by atoms with Crippen LogP contribution in [-0.2, 0) is 14.3 Å². The zero-order chi connectivity index (χ0) is 20.3. The Morgan fingerprint density at radius 2 is 1.89 bits per heavy atom. The van der Waals surface area contributed by atoms with E-state index in [1.54, 1.807) is 55.6 Å². The highest BCUT2D eigenvalue weighted by atomic mass is 35.5. The Morgan fingerprint density at radius 1 is 1.18 bits per heavy atom. The lowest BCUT2D eigenvalue weighted by Gasteiger charge is -2.18. The van der Waals surface area contributed by atoms with Gasteiger partial charge < -0.3 is 14.4 Å². The van der Waals surface area contributed by atoms with E-state index in [4.69, 9.17) is 21.1 Å². The smallest absolute Gasteiger partial charge is 0.312 e. The maximum absolute atomic E-state index is 12.5. The van der Waals surface area contributed by atoms with E-state index in [-0.39, 0.29) is 24.7 Å². The first-order valence-electron chi connectivity index (χ1n) is 8.83. The van der Waals surface area contributed by atoms with Crippen LogP contribution in [0.5, 0.6) is 5.75 Å². The second-order valence-corrected chi connectivity index (χ2v) is 6.99. The first-order valence-corrected chi connectivity index (χ1v) is 9.21. The summed E-state index contributed by atoms with van der Waals surface area (Å²) in [7, 11) is 1.55. The molecule has 2 atom stereocenters. The standard InChI is InChI=1S/C21H20ClNO5/c1-13(20(25)14-6-8-16(22)9-7-14)28-21(26)15-10-19(24)23(12-15)17-4-3-5-18(11-17)27-2/h3-9,11,13,15H,10,12H2,1-2H3/t13-,15-/m0/s1. The summed E-state index contributed by atoms with van der Waals surface area (Å²) in [5, 5.41) is 0.517. The average molecular weight is 402 g/mol. The molecule has 6 nitrogen and oxygen atoms in total. The molecule has 0 unspecified atom stereocenters. The van der Waals surface area contributed by atoms with E-state index in [2.05, 4.69) is 0 Å². The lowest BCUT2D eigenvalue weighted by Crippen LogP contribution is -2.30. The third kappa shape index (κ3) is 4.34. The summed E-state index contributed by atoms with van der Waals surface area (Å²) in [6.45, 7) is 1.72. The minimum atomic E-state index is -0.949. The second kappa shape index (κ2) is 8.44. The van der Waals surface area contributed by atoms with Crippen LogP contribution in [-0.4, -0.2) is 37.4 Å². The van der Waals surface area contributed by atoms with Crippen LogP contribution in [0.4, 0.5) is 5.69 Å². The van der Waals surface area contributed by atoms with Gasteiger partial charge in [-0.15, -0.1) is 0 Å². The summed E-state index contributed by atoms with van der Waals surface area (Å²) in [5.41, 5.74) is 1.06. The molecule has 1 aliphatic heterocycles. The van der Waals surface area contributed by atoms with Gasteiger partial charge >= 0.3 is 5.97 Å². The summed E-state index contributed by atoms with van der Waals surface area (Å²) in [6.07, 6.45) is -0.910. The largest absolute Gasteiger partial charge is 0.497 e. The summed E-state index contributed by atoms with van der Waals surface area (Å²) < 4.78 is 10.5. The van der Waals surface area contributed by atoms with Gasteiger partial charge in [0.15, 0.2) is 6.10 Å². The average Bonchev–Trinajstić information content (AvgIpc) is 3.10. The van der Waals surface area contributed by atoms with Crippen molar-refractivity contribution in [3.8, 4) is 5.75 Å². The molecule has 0 aliphatic carbocycles. The quantitative estimate of drug-likeness (QED) is 0.547. The van der Waals surface area contributed by atoms with Gasteiger partial charge in [-0.1, -0.05) is 17.7 Å². The predicted octanol–water partition coefficient (Wildman–Crippen LogP) is 3.52. The first kappa shape index (κ1) is 19.9. The maximum atomic E-state index is 12.5. The van der Waals surface area contributed by atoms with Crippen LogP contribution in [0.25, 0.3) is 0 Å². The molecule has 28 heavy (non-hydrogen) atoms. The topological polar surface area (TPSA) is 72.9 Å². The Balaban J connectivity index is 1.64. The van der Waals surface area contributed by atoms with Crippen LogP contribution in [0, 0.1) is 5.92 Å². The molecule has 146 valence electrons. The number of anilines is 1. The molecular weight excluding hydrogens is 382 g/mol. The number of nitrogens with zero attached hydrogens (tertiary/aromatic N) is 1. The molecule has 2 aromatic rings. The van der Waals surface area contributed by atoms with E-state index < -0.39 is 18.0 Å². The van der Waals surface area contributed by atoms with E-state index in [0.29, 0.717) is 22.0 Å². The summed E-state index contributed by atoms with van der Waals surface area (Å²) >= 11 is 5.82. The second-order valence-electron chi connectivity index (χ2n) is 6.56. The molecular formula is C21H20ClNO5. The summed E-state index contributed by atoms with van der Waals surface area (Å²) in [5.74, 6) is -1.06. The van der Waals surface area contributed by atoms with Crippen molar-refractivity contribution in [3.63, 3.8) is 0 Å². The normalized spacial score (nSPS) is 17.3. The Kier molecular flexibility index (Phi) is 5.99. The van der Waals surface area contributed by atoms with Crippen molar-refractivity contribution in [2.45, 2.75) is 19.4 Å². The van der Waals surface area contributed by atoms with E-state index in [1.807, 2.05) is 0 Å². The van der Waals surface area contributed by atoms with Gasteiger partial charge in [-0.25, -0.2) is 0 Å². The number of hydrogen-bond donors (Lipinski definition) is 0. The molecule has 1 saturated heterocycles. The minimum absolute atomic E-state index is 0.0396. The highest BCUT2D eigenvalue weighted by Gasteiger charge is 2.37. The monoisotopic (exact) mass is 401 g/mol. The van der Waals surface area contributed by atoms with Crippen molar-refractivity contribution in [1.29, 1.82) is 0 Å². The highest BCUT2D eigenvalue weighted by molar-refractivity contribution is 6.30. The number of ether oxygens (including phenoxy) is 2. The van der Waals surface area contributed by atoms with Gasteiger partial charge in [0.05, 0.1) is 13.0 Å². The van der Waals surface area contributed by atoms with Gasteiger partial charge in [0, 0.05) is 35.3 Å². The van der Waals surface area contributed by atoms with Crippen molar-refractivity contribution >= 4 is 34.9 Å². The SMILES string of the molecule is COc1cccc(N2C[C@@H](C(=O)O[C@@H](C)C(=O)c3ccc(Cl)cc3)CC2=O)c1. The fraction of sp³-hybridized carbons (Fsp3) is 0.286. The maximum Gasteiger partial charge on any atom is 0.312 e. The number of amides is 1. The molecule has 7 heteroatoms. The van der Waals surface area contributed by atoms with Crippen molar-refractivity contribution < 1.29 is 23.9 Å². The lowest BCUT2D eigenvalue weighted by atomic mass is 10.1. The molecule has 0 aromatic heterocycles. The van der Waals surface area contributed by atoms with Gasteiger partial charge in [0.25, 0.3) is 0 Å². The van der Waals surface area contributed by atoms with Crippen molar-refractivity contribution in [2.24, 2.45) is 5.92 Å². The number of Topliss-reactive ketones (excluding diaryl/α,β-unsaturated/α-hetero) is 1. The Labute approximate surface area is 168 Å². The number of carbonyl (C=O) groups is 3. The number of methoxy groups -OCH3 is 1. The Morgan fingerprint density at radius 3 is 2.57 bits per heavy atom. The van der Waals surface area contributed by atoms with Crippen LogP contribution in [0.3, 0.4) is 0 Å². The van der Waals surface area contributed by atoms with Crippen LogP contribution in [0.1, 0.15) is 23.7 Å². The molecule has 2 aromatic carbocycles. The number of halogens is 1. The molecule has 1 heterocycles. The molecule has 1 aliphatic rings. The van der Waals surface area contributed by atoms with Gasteiger partial charge in [-0.05, 0) is 43.3 Å². The number of esters is 1. The van der Waals surface area contributed by atoms with Crippen LogP contribution in [0.2, 0.25) is 5.02 Å². The van der Waals surface area contributed by atoms with Crippen LogP contribution in [0.15, 0.2) is 48.5 Å². The zero-order valence-corrected chi connectivity index (χ0v) is 16.3. The summed E-state index contributed by atoms with van der Waals surface area (Å²) in [4.78, 5) is 38.8. The molecule has 0 spiro atoms. The molecule has 0 radical (unpaired) electrons.